The van der Waals surface area contributed by atoms with E-state index in [0.717, 1.165) is 33.7 Å². The van der Waals surface area contributed by atoms with E-state index in [1.165, 1.54) is 5.56 Å². The van der Waals surface area contributed by atoms with Gasteiger partial charge in [0.25, 0.3) is 5.56 Å². The number of hydrogen-bond acceptors (Lipinski definition) is 4. The summed E-state index contributed by atoms with van der Waals surface area (Å²) >= 11 is 0. The molecule has 0 saturated carbocycles. The number of aromatic nitrogens is 1. The monoisotopic (exact) mass is 393 g/mol. The Hall–Kier alpha value is -4.04. The molecule has 1 aliphatic heterocycles. The molecule has 3 N–H and O–H groups in total. The fourth-order valence-corrected chi connectivity index (χ4v) is 4.21. The number of aromatic amines is 1. The van der Waals surface area contributed by atoms with Crippen molar-refractivity contribution in [3.8, 4) is 11.8 Å². The number of hydrogen-bond donors (Lipinski definition) is 2. The van der Waals surface area contributed by atoms with Crippen molar-refractivity contribution >= 4 is 21.7 Å². The Bertz CT molecular complexity index is 1460. The molecule has 5 rings (SSSR count). The van der Waals surface area contributed by atoms with Crippen molar-refractivity contribution in [1.82, 2.24) is 4.98 Å². The van der Waals surface area contributed by atoms with E-state index in [4.69, 9.17) is 10.5 Å². The summed E-state index contributed by atoms with van der Waals surface area (Å²) in [5.41, 5.74) is 9.34. The van der Waals surface area contributed by atoms with Gasteiger partial charge >= 0.3 is 0 Å². The molecule has 0 spiro atoms. The van der Waals surface area contributed by atoms with Gasteiger partial charge in [-0.15, -0.1) is 0 Å². The number of nitrogens with two attached hydrogens (primary N) is 1. The van der Waals surface area contributed by atoms with Gasteiger partial charge in [-0.2, -0.15) is 5.26 Å². The van der Waals surface area contributed by atoms with Gasteiger partial charge in [0, 0.05) is 22.0 Å². The molecule has 0 amide bonds. The molecule has 4 aromatic rings. The summed E-state index contributed by atoms with van der Waals surface area (Å²) < 4.78 is 5.89. The van der Waals surface area contributed by atoms with Crippen molar-refractivity contribution < 1.29 is 4.74 Å². The minimum atomic E-state index is -0.596. The zero-order valence-corrected chi connectivity index (χ0v) is 16.4. The second kappa shape index (κ2) is 6.78. The fraction of sp³-hybridized carbons (Fsp3) is 0.120. The minimum absolute atomic E-state index is 0.0353. The molecule has 1 aliphatic rings. The van der Waals surface area contributed by atoms with E-state index in [1.807, 2.05) is 54.6 Å². The smallest absolute Gasteiger partial charge is 0.252 e. The van der Waals surface area contributed by atoms with E-state index in [0.29, 0.717) is 11.3 Å². The summed E-state index contributed by atoms with van der Waals surface area (Å²) in [6.07, 6.45) is 0.896. The molecule has 0 saturated heterocycles. The van der Waals surface area contributed by atoms with Crippen LogP contribution in [0, 0.1) is 11.3 Å². The Morgan fingerprint density at radius 3 is 2.70 bits per heavy atom. The first-order chi connectivity index (χ1) is 14.6. The molecular weight excluding hydrogens is 374 g/mol. The normalized spacial score (nSPS) is 15.7. The highest BCUT2D eigenvalue weighted by atomic mass is 16.5. The number of pyridine rings is 1. The molecule has 0 fully saturated rings. The van der Waals surface area contributed by atoms with E-state index in [1.54, 1.807) is 0 Å². The summed E-state index contributed by atoms with van der Waals surface area (Å²) in [4.78, 5) is 16.0. The number of nitrogens with one attached hydrogen (secondary N) is 1. The van der Waals surface area contributed by atoms with Crippen LogP contribution in [0.2, 0.25) is 0 Å². The van der Waals surface area contributed by atoms with Gasteiger partial charge in [-0.25, -0.2) is 0 Å². The number of nitriles is 1. The lowest BCUT2D eigenvalue weighted by Crippen LogP contribution is -2.25. The Kier molecular flexibility index (Phi) is 4.07. The topological polar surface area (TPSA) is 91.9 Å². The number of nitrogens with zero attached hydrogens (tertiary/aromatic N) is 1. The fourth-order valence-electron chi connectivity index (χ4n) is 4.21. The van der Waals surface area contributed by atoms with Crippen molar-refractivity contribution in [3.05, 3.63) is 99.2 Å². The molecule has 3 aromatic carbocycles. The van der Waals surface area contributed by atoms with Gasteiger partial charge < -0.3 is 15.5 Å². The highest BCUT2D eigenvalue weighted by Crippen LogP contribution is 2.44. The van der Waals surface area contributed by atoms with E-state index >= 15 is 0 Å². The summed E-state index contributed by atoms with van der Waals surface area (Å²) in [6.45, 7) is 2.09. The third-order valence-corrected chi connectivity index (χ3v) is 5.76. The van der Waals surface area contributed by atoms with Crippen molar-refractivity contribution in [2.45, 2.75) is 19.3 Å². The first-order valence-electron chi connectivity index (χ1n) is 9.85. The number of aryl methyl sites for hydroxylation is 1. The predicted molar refractivity (Wildman–Crippen MR) is 117 cm³/mol. The molecule has 1 unspecified atom stereocenters. The summed E-state index contributed by atoms with van der Waals surface area (Å²) in [7, 11) is 0. The Labute approximate surface area is 173 Å². The number of H-pyrrole nitrogens is 1. The van der Waals surface area contributed by atoms with Crippen molar-refractivity contribution in [2.75, 3.05) is 0 Å². The van der Waals surface area contributed by atoms with Crippen LogP contribution in [0.25, 0.3) is 21.7 Å². The van der Waals surface area contributed by atoms with Gasteiger partial charge in [0.2, 0.25) is 5.88 Å². The molecule has 0 radical (unpaired) electrons. The summed E-state index contributed by atoms with van der Waals surface area (Å²) in [5.74, 6) is 0.0337. The van der Waals surface area contributed by atoms with Crippen molar-refractivity contribution in [1.29, 1.82) is 5.26 Å². The molecule has 1 atom stereocenters. The number of allylic oxidation sites excluding steroid dienone is 1. The van der Waals surface area contributed by atoms with Crippen LogP contribution in [-0.4, -0.2) is 4.98 Å². The summed E-state index contributed by atoms with van der Waals surface area (Å²) in [5, 5.41) is 12.7. The lowest BCUT2D eigenvalue weighted by molar-refractivity contribution is 0.398. The minimum Gasteiger partial charge on any atom is -0.440 e. The molecule has 0 bridgehead atoms. The highest BCUT2D eigenvalue weighted by molar-refractivity contribution is 5.91. The lowest BCUT2D eigenvalue weighted by atomic mass is 9.82. The number of benzene rings is 3. The van der Waals surface area contributed by atoms with E-state index in [9.17, 15) is 10.1 Å². The van der Waals surface area contributed by atoms with Crippen LogP contribution in [0.1, 0.15) is 29.5 Å². The standard InChI is InChI=1S/C25H19N3O2/c1-2-14-7-10-21-16(11-14)12-19(25(29)28-21)22-18-9-8-15-5-3-4-6-17(15)23(18)30-24(27)20(22)13-26/h3-12,22H,2,27H2,1H3,(H,28,29). The largest absolute Gasteiger partial charge is 0.440 e. The highest BCUT2D eigenvalue weighted by Gasteiger charge is 2.33. The number of ether oxygens (including phenoxy) is 1. The quantitative estimate of drug-likeness (QED) is 0.526. The third kappa shape index (κ3) is 2.66. The zero-order valence-electron chi connectivity index (χ0n) is 16.4. The molecular formula is C25H19N3O2. The molecule has 30 heavy (non-hydrogen) atoms. The van der Waals surface area contributed by atoms with Crippen LogP contribution in [0.4, 0.5) is 0 Å². The maximum atomic E-state index is 13.1. The van der Waals surface area contributed by atoms with Crippen LogP contribution in [0.3, 0.4) is 0 Å². The van der Waals surface area contributed by atoms with Gasteiger partial charge in [-0.3, -0.25) is 4.79 Å². The average molecular weight is 393 g/mol. The van der Waals surface area contributed by atoms with Gasteiger partial charge in [0.15, 0.2) is 0 Å². The zero-order chi connectivity index (χ0) is 20.8. The van der Waals surface area contributed by atoms with E-state index in [2.05, 4.69) is 24.0 Å². The van der Waals surface area contributed by atoms with Gasteiger partial charge in [-0.05, 0) is 41.0 Å². The SMILES string of the molecule is CCc1ccc2[nH]c(=O)c(C3C(C#N)=C(N)Oc4c3ccc3ccccc43)cc2c1. The number of rotatable bonds is 2. The average Bonchev–Trinajstić information content (AvgIpc) is 2.77. The molecule has 5 heteroatoms. The van der Waals surface area contributed by atoms with Crippen LogP contribution in [0.15, 0.2) is 76.9 Å². The van der Waals surface area contributed by atoms with Gasteiger partial charge in [0.1, 0.15) is 17.4 Å². The molecule has 146 valence electrons. The second-order valence-electron chi connectivity index (χ2n) is 7.46. The molecule has 1 aromatic heterocycles. The van der Waals surface area contributed by atoms with Crippen LogP contribution < -0.4 is 16.0 Å². The van der Waals surface area contributed by atoms with E-state index < -0.39 is 5.92 Å². The van der Waals surface area contributed by atoms with Crippen LogP contribution in [0.5, 0.6) is 5.75 Å². The Morgan fingerprint density at radius 2 is 1.90 bits per heavy atom. The first-order valence-corrected chi connectivity index (χ1v) is 9.85. The summed E-state index contributed by atoms with van der Waals surface area (Å²) in [6, 6.07) is 21.7. The lowest BCUT2D eigenvalue weighted by Gasteiger charge is -2.27. The van der Waals surface area contributed by atoms with Crippen LogP contribution >= 0.6 is 0 Å². The number of fused-ring (bicyclic) bond motifs is 4. The van der Waals surface area contributed by atoms with Crippen LogP contribution in [-0.2, 0) is 6.42 Å². The Balaban J connectivity index is 1.82. The Morgan fingerprint density at radius 1 is 1.07 bits per heavy atom. The first kappa shape index (κ1) is 18.0. The van der Waals surface area contributed by atoms with Crippen molar-refractivity contribution in [2.24, 2.45) is 5.73 Å². The van der Waals surface area contributed by atoms with Crippen molar-refractivity contribution in [3.63, 3.8) is 0 Å². The van der Waals surface area contributed by atoms with Gasteiger partial charge in [-0.1, -0.05) is 49.4 Å². The maximum absolute atomic E-state index is 13.1. The molecule has 0 aliphatic carbocycles. The predicted octanol–water partition coefficient (Wildman–Crippen LogP) is 4.46. The molecule has 5 nitrogen and oxygen atoms in total. The van der Waals surface area contributed by atoms with E-state index in [-0.39, 0.29) is 17.0 Å². The molecule has 2 heterocycles. The van der Waals surface area contributed by atoms with Gasteiger partial charge in [0.05, 0.1) is 5.92 Å². The maximum Gasteiger partial charge on any atom is 0.252 e. The second-order valence-corrected chi connectivity index (χ2v) is 7.46. The third-order valence-electron chi connectivity index (χ3n) is 5.76.